The fourth-order valence-corrected chi connectivity index (χ4v) is 3.69. The van der Waals surface area contributed by atoms with Crippen molar-refractivity contribution in [1.29, 1.82) is 0 Å². The van der Waals surface area contributed by atoms with E-state index in [9.17, 15) is 0 Å². The Morgan fingerprint density at radius 1 is 0.704 bits per heavy atom. The second-order valence-corrected chi connectivity index (χ2v) is 10.2. The number of fused-ring (bicyclic) bond motifs is 1. The molecule has 0 saturated carbocycles. The molecule has 27 heavy (non-hydrogen) atoms. The number of nitrogens with zero attached hydrogens (tertiary/aromatic N) is 2. The molecule has 0 aliphatic carbocycles. The van der Waals surface area contributed by atoms with E-state index in [2.05, 4.69) is 66.7 Å². The standard InChI is InChI=1S/C25H32N2/c1-17-23(27-22-11-9-8-10-21(22)26-17)20-13-18(15-24(2,3)4)12-19(14-20)16-25(5,6)7/h8-14H,15-16H2,1-7H3. The number of para-hydroxylation sites is 2. The van der Waals surface area contributed by atoms with Gasteiger partial charge in [0.05, 0.1) is 22.4 Å². The highest BCUT2D eigenvalue weighted by Gasteiger charge is 2.17. The van der Waals surface area contributed by atoms with Crippen LogP contribution in [0.15, 0.2) is 42.5 Å². The number of aromatic nitrogens is 2. The highest BCUT2D eigenvalue weighted by atomic mass is 14.8. The van der Waals surface area contributed by atoms with Gasteiger partial charge in [-0.3, -0.25) is 0 Å². The molecule has 1 aromatic heterocycles. The SMILES string of the molecule is Cc1nc2ccccc2nc1-c1cc(CC(C)(C)C)cc(CC(C)(C)C)c1. The Hall–Kier alpha value is -2.22. The first kappa shape index (κ1) is 19.5. The minimum absolute atomic E-state index is 0.252. The van der Waals surface area contributed by atoms with Crippen molar-refractivity contribution in [3.8, 4) is 11.3 Å². The Balaban J connectivity index is 2.14. The molecule has 1 heterocycles. The van der Waals surface area contributed by atoms with Gasteiger partial charge in [0.2, 0.25) is 0 Å². The molecule has 2 aromatic carbocycles. The van der Waals surface area contributed by atoms with Gasteiger partial charge in [-0.15, -0.1) is 0 Å². The van der Waals surface area contributed by atoms with Crippen molar-refractivity contribution in [2.75, 3.05) is 0 Å². The second-order valence-electron chi connectivity index (χ2n) is 10.2. The predicted molar refractivity (Wildman–Crippen MR) is 116 cm³/mol. The highest BCUT2D eigenvalue weighted by molar-refractivity contribution is 5.78. The molecule has 2 heteroatoms. The zero-order chi connectivity index (χ0) is 19.8. The average Bonchev–Trinajstić information content (AvgIpc) is 2.50. The van der Waals surface area contributed by atoms with E-state index in [1.807, 2.05) is 24.3 Å². The molecule has 0 spiro atoms. The maximum Gasteiger partial charge on any atom is 0.0922 e. The van der Waals surface area contributed by atoms with Crippen molar-refractivity contribution in [2.24, 2.45) is 10.8 Å². The molecule has 2 nitrogen and oxygen atoms in total. The Bertz CT molecular complexity index is 922. The van der Waals surface area contributed by atoms with Crippen molar-refractivity contribution >= 4 is 11.0 Å². The van der Waals surface area contributed by atoms with Crippen LogP contribution in [0, 0.1) is 17.8 Å². The van der Waals surface area contributed by atoms with Gasteiger partial charge in [0.1, 0.15) is 0 Å². The maximum atomic E-state index is 4.96. The van der Waals surface area contributed by atoms with Gasteiger partial charge in [-0.05, 0) is 66.0 Å². The van der Waals surface area contributed by atoms with Crippen LogP contribution in [0.4, 0.5) is 0 Å². The molecule has 0 saturated heterocycles. The van der Waals surface area contributed by atoms with E-state index in [1.54, 1.807) is 0 Å². The lowest BCUT2D eigenvalue weighted by Gasteiger charge is -2.22. The molecule has 3 rings (SSSR count). The van der Waals surface area contributed by atoms with Crippen LogP contribution in [0.3, 0.4) is 0 Å². The number of benzene rings is 2. The summed E-state index contributed by atoms with van der Waals surface area (Å²) in [6.07, 6.45) is 2.11. The zero-order valence-corrected chi connectivity index (χ0v) is 17.9. The largest absolute Gasteiger partial charge is 0.249 e. The van der Waals surface area contributed by atoms with Gasteiger partial charge in [0, 0.05) is 5.56 Å². The number of rotatable bonds is 3. The lowest BCUT2D eigenvalue weighted by Crippen LogP contribution is -2.12. The second kappa shape index (κ2) is 7.07. The third kappa shape index (κ3) is 5.15. The number of aryl methyl sites for hydroxylation is 1. The summed E-state index contributed by atoms with van der Waals surface area (Å²) in [4.78, 5) is 9.76. The summed E-state index contributed by atoms with van der Waals surface area (Å²) < 4.78 is 0. The van der Waals surface area contributed by atoms with Crippen molar-refractivity contribution in [1.82, 2.24) is 9.97 Å². The third-order valence-electron chi connectivity index (χ3n) is 4.54. The van der Waals surface area contributed by atoms with E-state index < -0.39 is 0 Å². The average molecular weight is 361 g/mol. The summed E-state index contributed by atoms with van der Waals surface area (Å²) in [5, 5.41) is 0. The molecule has 0 aliphatic heterocycles. The maximum absolute atomic E-state index is 4.96. The van der Waals surface area contributed by atoms with Crippen LogP contribution < -0.4 is 0 Å². The molecule has 0 atom stereocenters. The smallest absolute Gasteiger partial charge is 0.0922 e. The normalized spacial score (nSPS) is 12.6. The fraction of sp³-hybridized carbons (Fsp3) is 0.440. The molecule has 0 bridgehead atoms. The lowest BCUT2D eigenvalue weighted by molar-refractivity contribution is 0.406. The van der Waals surface area contributed by atoms with Crippen molar-refractivity contribution in [2.45, 2.75) is 61.3 Å². The van der Waals surface area contributed by atoms with E-state index in [-0.39, 0.29) is 10.8 Å². The van der Waals surface area contributed by atoms with Crippen LogP contribution in [0.1, 0.15) is 58.4 Å². The Morgan fingerprint density at radius 3 is 1.67 bits per heavy atom. The minimum atomic E-state index is 0.252. The summed E-state index contributed by atoms with van der Waals surface area (Å²) in [7, 11) is 0. The van der Waals surface area contributed by atoms with Crippen LogP contribution >= 0.6 is 0 Å². The van der Waals surface area contributed by atoms with E-state index >= 15 is 0 Å². The molecule has 0 unspecified atom stereocenters. The van der Waals surface area contributed by atoms with Crippen molar-refractivity contribution in [3.63, 3.8) is 0 Å². The van der Waals surface area contributed by atoms with Gasteiger partial charge in [-0.1, -0.05) is 59.7 Å². The Labute approximate surface area is 164 Å². The van der Waals surface area contributed by atoms with Gasteiger partial charge in [0.15, 0.2) is 0 Å². The molecule has 142 valence electrons. The molecule has 0 fully saturated rings. The summed E-state index contributed by atoms with van der Waals surface area (Å²) in [5.74, 6) is 0. The topological polar surface area (TPSA) is 25.8 Å². The summed E-state index contributed by atoms with van der Waals surface area (Å²) >= 11 is 0. The Morgan fingerprint density at radius 2 is 1.19 bits per heavy atom. The molecular formula is C25H32N2. The molecule has 0 aliphatic rings. The van der Waals surface area contributed by atoms with E-state index in [0.717, 1.165) is 35.3 Å². The number of hydrogen-bond acceptors (Lipinski definition) is 2. The first-order valence-corrected chi connectivity index (χ1v) is 9.87. The minimum Gasteiger partial charge on any atom is -0.249 e. The monoisotopic (exact) mass is 360 g/mol. The summed E-state index contributed by atoms with van der Waals surface area (Å²) in [6.45, 7) is 15.8. The van der Waals surface area contributed by atoms with Crippen LogP contribution in [-0.2, 0) is 12.8 Å². The molecule has 0 radical (unpaired) electrons. The Kier molecular flexibility index (Phi) is 5.12. The van der Waals surface area contributed by atoms with Gasteiger partial charge >= 0.3 is 0 Å². The first-order valence-electron chi connectivity index (χ1n) is 9.87. The van der Waals surface area contributed by atoms with Crippen molar-refractivity contribution < 1.29 is 0 Å². The van der Waals surface area contributed by atoms with E-state index in [1.165, 1.54) is 16.7 Å². The quantitative estimate of drug-likeness (QED) is 0.514. The van der Waals surface area contributed by atoms with Crippen LogP contribution in [0.2, 0.25) is 0 Å². The van der Waals surface area contributed by atoms with E-state index in [4.69, 9.17) is 9.97 Å². The molecule has 0 N–H and O–H groups in total. The van der Waals surface area contributed by atoms with Crippen LogP contribution in [0.5, 0.6) is 0 Å². The third-order valence-corrected chi connectivity index (χ3v) is 4.54. The first-order chi connectivity index (χ1) is 12.5. The fourth-order valence-electron chi connectivity index (χ4n) is 3.69. The van der Waals surface area contributed by atoms with E-state index in [0.29, 0.717) is 0 Å². The summed E-state index contributed by atoms with van der Waals surface area (Å²) in [5.41, 5.74) is 8.36. The van der Waals surface area contributed by atoms with Crippen LogP contribution in [-0.4, -0.2) is 9.97 Å². The van der Waals surface area contributed by atoms with Gasteiger partial charge in [-0.25, -0.2) is 9.97 Å². The van der Waals surface area contributed by atoms with Gasteiger partial charge < -0.3 is 0 Å². The molecule has 0 amide bonds. The summed E-state index contributed by atoms with van der Waals surface area (Å²) in [6, 6.07) is 15.1. The van der Waals surface area contributed by atoms with Gasteiger partial charge in [-0.2, -0.15) is 0 Å². The number of hydrogen-bond donors (Lipinski definition) is 0. The predicted octanol–water partition coefficient (Wildman–Crippen LogP) is 6.78. The zero-order valence-electron chi connectivity index (χ0n) is 17.9. The molecular weight excluding hydrogens is 328 g/mol. The highest BCUT2D eigenvalue weighted by Crippen LogP contribution is 2.31. The van der Waals surface area contributed by atoms with Gasteiger partial charge in [0.25, 0.3) is 0 Å². The lowest BCUT2D eigenvalue weighted by atomic mass is 9.83. The molecule has 3 aromatic rings. The van der Waals surface area contributed by atoms with Crippen LogP contribution in [0.25, 0.3) is 22.3 Å². The van der Waals surface area contributed by atoms with Crippen molar-refractivity contribution in [3.05, 3.63) is 59.3 Å².